The van der Waals surface area contributed by atoms with Gasteiger partial charge in [-0.1, -0.05) is 6.07 Å². The molecule has 0 radical (unpaired) electrons. The monoisotopic (exact) mass is 259 g/mol. The predicted octanol–water partition coefficient (Wildman–Crippen LogP) is 1.75. The van der Waals surface area contributed by atoms with Gasteiger partial charge < -0.3 is 14.9 Å². The van der Waals surface area contributed by atoms with Crippen molar-refractivity contribution in [1.82, 2.24) is 4.90 Å². The average molecular weight is 259 g/mol. The molecular weight excluding hydrogens is 238 g/mol. The maximum absolute atomic E-state index is 9.90. The van der Waals surface area contributed by atoms with Crippen molar-refractivity contribution < 1.29 is 5.11 Å². The van der Waals surface area contributed by atoms with Crippen LogP contribution in [0, 0.1) is 11.3 Å². The fourth-order valence-corrected chi connectivity index (χ4v) is 2.51. The fraction of sp³-hybridized carbons (Fsp3) is 0.533. The lowest BCUT2D eigenvalue weighted by molar-refractivity contribution is 0.198. The number of aliphatic hydroxyl groups is 1. The Kier molecular flexibility index (Phi) is 4.08. The number of likely N-dealkylation sites (N-methyl/N-ethyl adjacent to an activating group) is 1. The van der Waals surface area contributed by atoms with Crippen molar-refractivity contribution in [3.8, 4) is 6.07 Å². The highest BCUT2D eigenvalue weighted by Gasteiger charge is 2.23. The highest BCUT2D eigenvalue weighted by molar-refractivity contribution is 5.59. The molecule has 0 spiro atoms. The molecule has 1 aliphatic heterocycles. The number of nitrogens with zero attached hydrogens (tertiary/aromatic N) is 3. The second kappa shape index (κ2) is 5.60. The SMILES string of the molecule is CC(O)c1ccc(C#N)cc1N1CCN(C)C(C)C1. The Labute approximate surface area is 114 Å². The van der Waals surface area contributed by atoms with Gasteiger partial charge in [-0.25, -0.2) is 0 Å². The third-order valence-electron chi connectivity index (χ3n) is 3.91. The van der Waals surface area contributed by atoms with E-state index < -0.39 is 6.10 Å². The van der Waals surface area contributed by atoms with Crippen LogP contribution in [0.15, 0.2) is 18.2 Å². The van der Waals surface area contributed by atoms with Crippen LogP contribution >= 0.6 is 0 Å². The van der Waals surface area contributed by atoms with Gasteiger partial charge >= 0.3 is 0 Å². The van der Waals surface area contributed by atoms with Gasteiger partial charge in [-0.05, 0) is 33.0 Å². The van der Waals surface area contributed by atoms with E-state index in [0.29, 0.717) is 11.6 Å². The standard InChI is InChI=1S/C15H21N3O/c1-11-10-18(7-6-17(11)3)15-8-13(9-16)4-5-14(15)12(2)19/h4-5,8,11-12,19H,6-7,10H2,1-3H3. The molecule has 0 aromatic heterocycles. The van der Waals surface area contributed by atoms with Gasteiger partial charge in [0, 0.05) is 36.9 Å². The van der Waals surface area contributed by atoms with Crippen molar-refractivity contribution >= 4 is 5.69 Å². The number of hydrogen-bond acceptors (Lipinski definition) is 4. The van der Waals surface area contributed by atoms with Gasteiger partial charge in [-0.15, -0.1) is 0 Å². The molecule has 0 saturated carbocycles. The fourth-order valence-electron chi connectivity index (χ4n) is 2.51. The third kappa shape index (κ3) is 2.89. The Balaban J connectivity index is 2.34. The van der Waals surface area contributed by atoms with Crippen LogP contribution in [0.5, 0.6) is 0 Å². The van der Waals surface area contributed by atoms with Crippen molar-refractivity contribution in [3.63, 3.8) is 0 Å². The Hall–Kier alpha value is -1.57. The normalized spacial score (nSPS) is 22.1. The number of anilines is 1. The van der Waals surface area contributed by atoms with Gasteiger partial charge in [0.2, 0.25) is 0 Å². The summed E-state index contributed by atoms with van der Waals surface area (Å²) in [6.45, 7) is 6.81. The summed E-state index contributed by atoms with van der Waals surface area (Å²) in [5, 5.41) is 18.9. The first-order valence-electron chi connectivity index (χ1n) is 6.70. The van der Waals surface area contributed by atoms with E-state index in [1.54, 1.807) is 13.0 Å². The first-order valence-corrected chi connectivity index (χ1v) is 6.70. The van der Waals surface area contributed by atoms with E-state index in [1.807, 2.05) is 12.1 Å². The molecule has 19 heavy (non-hydrogen) atoms. The minimum atomic E-state index is -0.516. The highest BCUT2D eigenvalue weighted by Crippen LogP contribution is 2.29. The van der Waals surface area contributed by atoms with Crippen LogP contribution in [0.4, 0.5) is 5.69 Å². The Morgan fingerprint density at radius 1 is 1.42 bits per heavy atom. The third-order valence-corrected chi connectivity index (χ3v) is 3.91. The van der Waals surface area contributed by atoms with Crippen molar-refractivity contribution in [2.24, 2.45) is 0 Å². The number of hydrogen-bond donors (Lipinski definition) is 1. The summed E-state index contributed by atoms with van der Waals surface area (Å²) >= 11 is 0. The van der Waals surface area contributed by atoms with E-state index in [-0.39, 0.29) is 0 Å². The molecule has 0 aliphatic carbocycles. The summed E-state index contributed by atoms with van der Waals surface area (Å²) in [7, 11) is 2.13. The Morgan fingerprint density at radius 2 is 2.16 bits per heavy atom. The maximum Gasteiger partial charge on any atom is 0.0992 e. The van der Waals surface area contributed by atoms with Crippen molar-refractivity contribution in [3.05, 3.63) is 29.3 Å². The van der Waals surface area contributed by atoms with Gasteiger partial charge in [-0.3, -0.25) is 0 Å². The van der Waals surface area contributed by atoms with Crippen LogP contribution in [0.1, 0.15) is 31.1 Å². The molecule has 1 aliphatic rings. The lowest BCUT2D eigenvalue weighted by atomic mass is 10.0. The second-order valence-electron chi connectivity index (χ2n) is 5.34. The molecule has 1 N–H and O–H groups in total. The maximum atomic E-state index is 9.90. The zero-order valence-electron chi connectivity index (χ0n) is 11.8. The predicted molar refractivity (Wildman–Crippen MR) is 76.1 cm³/mol. The summed E-state index contributed by atoms with van der Waals surface area (Å²) in [5.74, 6) is 0. The molecule has 102 valence electrons. The zero-order chi connectivity index (χ0) is 14.0. The van der Waals surface area contributed by atoms with E-state index in [4.69, 9.17) is 5.26 Å². The lowest BCUT2D eigenvalue weighted by Gasteiger charge is -2.40. The molecule has 1 fully saturated rings. The van der Waals surface area contributed by atoms with Gasteiger partial charge in [-0.2, -0.15) is 5.26 Å². The van der Waals surface area contributed by atoms with E-state index in [2.05, 4.69) is 29.8 Å². The first-order chi connectivity index (χ1) is 9.02. The molecule has 1 heterocycles. The molecule has 0 bridgehead atoms. The summed E-state index contributed by atoms with van der Waals surface area (Å²) in [6, 6.07) is 8.17. The van der Waals surface area contributed by atoms with E-state index in [9.17, 15) is 5.11 Å². The van der Waals surface area contributed by atoms with Crippen molar-refractivity contribution in [2.45, 2.75) is 26.0 Å². The van der Waals surface area contributed by atoms with Crippen LogP contribution < -0.4 is 4.90 Å². The Morgan fingerprint density at radius 3 is 2.74 bits per heavy atom. The summed E-state index contributed by atoms with van der Waals surface area (Å²) in [4.78, 5) is 4.60. The average Bonchev–Trinajstić information content (AvgIpc) is 2.41. The van der Waals surface area contributed by atoms with E-state index in [1.165, 1.54) is 0 Å². The van der Waals surface area contributed by atoms with Gasteiger partial charge in [0.25, 0.3) is 0 Å². The topological polar surface area (TPSA) is 50.5 Å². The van der Waals surface area contributed by atoms with Crippen LogP contribution in [-0.2, 0) is 0 Å². The molecule has 0 amide bonds. The van der Waals surface area contributed by atoms with Gasteiger partial charge in [0.1, 0.15) is 0 Å². The van der Waals surface area contributed by atoms with Crippen LogP contribution in [-0.4, -0.2) is 42.7 Å². The molecule has 1 aromatic carbocycles. The lowest BCUT2D eigenvalue weighted by Crippen LogP contribution is -2.50. The number of nitriles is 1. The number of benzene rings is 1. The largest absolute Gasteiger partial charge is 0.389 e. The minimum Gasteiger partial charge on any atom is -0.389 e. The van der Waals surface area contributed by atoms with E-state index in [0.717, 1.165) is 30.9 Å². The Bertz CT molecular complexity index is 493. The molecule has 1 saturated heterocycles. The van der Waals surface area contributed by atoms with Crippen LogP contribution in [0.2, 0.25) is 0 Å². The van der Waals surface area contributed by atoms with Crippen LogP contribution in [0.3, 0.4) is 0 Å². The molecule has 2 rings (SSSR count). The first kappa shape index (κ1) is 13.9. The zero-order valence-corrected chi connectivity index (χ0v) is 11.8. The molecular formula is C15H21N3O. The number of aliphatic hydroxyl groups excluding tert-OH is 1. The molecule has 2 unspecified atom stereocenters. The number of piperazine rings is 1. The quantitative estimate of drug-likeness (QED) is 0.879. The van der Waals surface area contributed by atoms with Gasteiger partial charge in [0.15, 0.2) is 0 Å². The molecule has 4 nitrogen and oxygen atoms in total. The second-order valence-corrected chi connectivity index (χ2v) is 5.34. The number of rotatable bonds is 2. The van der Waals surface area contributed by atoms with Crippen molar-refractivity contribution in [1.29, 1.82) is 5.26 Å². The van der Waals surface area contributed by atoms with Crippen LogP contribution in [0.25, 0.3) is 0 Å². The smallest absolute Gasteiger partial charge is 0.0992 e. The summed E-state index contributed by atoms with van der Waals surface area (Å²) in [6.07, 6.45) is -0.516. The molecule has 2 atom stereocenters. The van der Waals surface area contributed by atoms with E-state index >= 15 is 0 Å². The summed E-state index contributed by atoms with van der Waals surface area (Å²) < 4.78 is 0. The summed E-state index contributed by atoms with van der Waals surface area (Å²) in [5.41, 5.74) is 2.54. The molecule has 4 heteroatoms. The minimum absolute atomic E-state index is 0.473. The highest BCUT2D eigenvalue weighted by atomic mass is 16.3. The molecule has 1 aromatic rings. The van der Waals surface area contributed by atoms with Crippen molar-refractivity contribution in [2.75, 3.05) is 31.6 Å². The van der Waals surface area contributed by atoms with Gasteiger partial charge in [0.05, 0.1) is 17.7 Å².